The molecule has 0 spiro atoms. The molecule has 1 atom stereocenters. The summed E-state index contributed by atoms with van der Waals surface area (Å²) >= 11 is 3.31. The van der Waals surface area contributed by atoms with E-state index in [0.29, 0.717) is 22.4 Å². The average molecular weight is 420 g/mol. The van der Waals surface area contributed by atoms with E-state index in [1.807, 2.05) is 0 Å². The van der Waals surface area contributed by atoms with Crippen LogP contribution in [0.2, 0.25) is 0 Å². The highest BCUT2D eigenvalue weighted by atomic mass is 79.9. The van der Waals surface area contributed by atoms with Crippen molar-refractivity contribution in [1.82, 2.24) is 0 Å². The molecular formula is C18H14BrNO6. The zero-order valence-electron chi connectivity index (χ0n) is 13.6. The summed E-state index contributed by atoms with van der Waals surface area (Å²) in [5.41, 5.74) is 0.304. The lowest BCUT2D eigenvalue weighted by Crippen LogP contribution is -2.40. The van der Waals surface area contributed by atoms with Crippen LogP contribution in [0.25, 0.3) is 0 Å². The Hall–Kier alpha value is -2.71. The van der Waals surface area contributed by atoms with Crippen LogP contribution < -0.4 is 4.74 Å². The molecule has 8 heteroatoms. The fourth-order valence-corrected chi connectivity index (χ4v) is 2.84. The number of carbonyl (C=O) groups excluding carboxylic acids is 1. The molecule has 0 saturated carbocycles. The van der Waals surface area contributed by atoms with Crippen molar-refractivity contribution < 1.29 is 29.3 Å². The first-order valence-electron chi connectivity index (χ1n) is 7.68. The van der Waals surface area contributed by atoms with Crippen molar-refractivity contribution in [3.63, 3.8) is 0 Å². The van der Waals surface area contributed by atoms with E-state index < -0.39 is 18.0 Å². The topological polar surface area (TPSA) is 105 Å². The van der Waals surface area contributed by atoms with E-state index in [1.54, 1.807) is 25.1 Å². The van der Waals surface area contributed by atoms with E-state index in [0.717, 1.165) is 0 Å². The van der Waals surface area contributed by atoms with Gasteiger partial charge in [0.2, 0.25) is 12.1 Å². The number of nitrogens with zero attached hydrogens (tertiary/aromatic N) is 1. The Morgan fingerprint density at radius 3 is 2.73 bits per heavy atom. The number of hydrogen-bond acceptors (Lipinski definition) is 6. The third-order valence-corrected chi connectivity index (χ3v) is 4.15. The second kappa shape index (κ2) is 7.27. The molecular weight excluding hydrogens is 406 g/mol. The third kappa shape index (κ3) is 3.47. The molecule has 0 radical (unpaired) electrons. The van der Waals surface area contributed by atoms with Gasteiger partial charge >= 0.3 is 5.97 Å². The first-order chi connectivity index (χ1) is 12.4. The highest BCUT2D eigenvalue weighted by Gasteiger charge is 2.34. The lowest BCUT2D eigenvalue weighted by Gasteiger charge is -2.26. The fourth-order valence-electron chi connectivity index (χ4n) is 2.48. The van der Waals surface area contributed by atoms with Crippen LogP contribution in [0, 0.1) is 0 Å². The van der Waals surface area contributed by atoms with Crippen molar-refractivity contribution in [2.24, 2.45) is 4.99 Å². The Morgan fingerprint density at radius 2 is 2.08 bits per heavy atom. The lowest BCUT2D eigenvalue weighted by atomic mass is 10.0. The fraction of sp³-hybridized carbons (Fsp3) is 0.167. The Bertz CT molecular complexity index is 924. The zero-order chi connectivity index (χ0) is 18.8. The predicted octanol–water partition coefficient (Wildman–Crippen LogP) is 3.56. The van der Waals surface area contributed by atoms with Gasteiger partial charge in [-0.15, -0.1) is 0 Å². The van der Waals surface area contributed by atoms with Crippen LogP contribution in [-0.4, -0.2) is 40.6 Å². The number of fused-ring (bicyclic) bond motifs is 1. The van der Waals surface area contributed by atoms with Crippen LogP contribution in [0.1, 0.15) is 27.6 Å². The summed E-state index contributed by atoms with van der Waals surface area (Å²) in [6.45, 7) is 2.06. The number of ether oxygens (including phenoxy) is 2. The summed E-state index contributed by atoms with van der Waals surface area (Å²) in [5.74, 6) is -1.68. The molecule has 2 N–H and O–H groups in total. The van der Waals surface area contributed by atoms with Gasteiger partial charge in [-0.1, -0.05) is 15.9 Å². The lowest BCUT2D eigenvalue weighted by molar-refractivity contribution is -0.0285. The molecule has 1 heterocycles. The number of carboxylic acid groups (broad SMARTS) is 1. The van der Waals surface area contributed by atoms with Gasteiger partial charge in [-0.25, -0.2) is 9.79 Å². The molecule has 0 bridgehead atoms. The molecule has 0 fully saturated rings. The summed E-state index contributed by atoms with van der Waals surface area (Å²) in [6.07, 6.45) is -0.998. The molecule has 0 aromatic heterocycles. The number of carboxylic acids is 1. The maximum atomic E-state index is 12.9. The van der Waals surface area contributed by atoms with Crippen LogP contribution in [0.15, 0.2) is 45.9 Å². The molecule has 0 saturated heterocycles. The van der Waals surface area contributed by atoms with E-state index >= 15 is 0 Å². The molecule has 2 aromatic carbocycles. The maximum absolute atomic E-state index is 12.9. The minimum absolute atomic E-state index is 0.0138. The molecule has 0 amide bonds. The minimum atomic E-state index is -1.26. The first kappa shape index (κ1) is 18.1. The Balaban J connectivity index is 2.05. The quantitative estimate of drug-likeness (QED) is 0.784. The van der Waals surface area contributed by atoms with Crippen LogP contribution >= 0.6 is 15.9 Å². The van der Waals surface area contributed by atoms with Crippen molar-refractivity contribution in [3.8, 4) is 11.5 Å². The second-order valence-electron chi connectivity index (χ2n) is 5.38. The number of carbonyl (C=O) groups is 2. The van der Waals surface area contributed by atoms with Gasteiger partial charge in [0.1, 0.15) is 17.1 Å². The number of aromatic hydroxyl groups is 1. The van der Waals surface area contributed by atoms with Gasteiger partial charge in [0.05, 0.1) is 11.3 Å². The number of ketones is 1. The van der Waals surface area contributed by atoms with Crippen molar-refractivity contribution >= 4 is 39.1 Å². The molecule has 3 rings (SSSR count). The summed E-state index contributed by atoms with van der Waals surface area (Å²) in [5, 5.41) is 18.8. The van der Waals surface area contributed by atoms with Gasteiger partial charge in [0.25, 0.3) is 0 Å². The molecule has 0 aliphatic carbocycles. The summed E-state index contributed by atoms with van der Waals surface area (Å²) in [4.78, 5) is 28.1. The van der Waals surface area contributed by atoms with Crippen LogP contribution in [0.4, 0.5) is 5.69 Å². The normalized spacial score (nSPS) is 17.7. The van der Waals surface area contributed by atoms with Crippen LogP contribution in [0.3, 0.4) is 0 Å². The van der Waals surface area contributed by atoms with Gasteiger partial charge in [0.15, 0.2) is 5.71 Å². The highest BCUT2D eigenvalue weighted by molar-refractivity contribution is 9.10. The Kier molecular flexibility index (Phi) is 5.06. The second-order valence-corrected chi connectivity index (χ2v) is 6.29. The van der Waals surface area contributed by atoms with Gasteiger partial charge in [-0.2, -0.15) is 0 Å². The number of phenols is 1. The van der Waals surface area contributed by atoms with E-state index in [2.05, 4.69) is 20.9 Å². The standard InChI is InChI=1S/C18H14BrNO6/c1-2-25-18-15(16(22)12-7-9(19)3-6-14(12)26-18)20-10-4-5-11(17(23)24)13(21)8-10/h3-8,18,21H,2H2,1H3,(H,23,24). The Labute approximate surface area is 157 Å². The number of hydrogen-bond donors (Lipinski definition) is 2. The number of Topliss-reactive ketones (excluding diaryl/α,β-unsaturated/α-hetero) is 1. The summed E-state index contributed by atoms with van der Waals surface area (Å²) < 4.78 is 11.9. The molecule has 1 unspecified atom stereocenters. The number of aliphatic imine (C=N–C) groups is 1. The molecule has 26 heavy (non-hydrogen) atoms. The summed E-state index contributed by atoms with van der Waals surface area (Å²) in [7, 11) is 0. The van der Waals surface area contributed by atoms with E-state index in [1.165, 1.54) is 18.2 Å². The SMILES string of the molecule is CCOC1Oc2ccc(Br)cc2C(=O)C1=Nc1ccc(C(=O)O)c(O)c1. The number of rotatable bonds is 4. The molecule has 7 nitrogen and oxygen atoms in total. The maximum Gasteiger partial charge on any atom is 0.339 e. The molecule has 1 aliphatic rings. The van der Waals surface area contributed by atoms with Gasteiger partial charge < -0.3 is 19.7 Å². The van der Waals surface area contributed by atoms with Crippen molar-refractivity contribution in [1.29, 1.82) is 0 Å². The van der Waals surface area contributed by atoms with Crippen molar-refractivity contribution in [2.75, 3.05) is 6.61 Å². The smallest absolute Gasteiger partial charge is 0.339 e. The van der Waals surface area contributed by atoms with Crippen LogP contribution in [-0.2, 0) is 4.74 Å². The van der Waals surface area contributed by atoms with Gasteiger partial charge in [-0.05, 0) is 37.3 Å². The first-order valence-corrected chi connectivity index (χ1v) is 8.47. The van der Waals surface area contributed by atoms with E-state index in [-0.39, 0.29) is 22.7 Å². The number of aromatic carboxylic acids is 1. The minimum Gasteiger partial charge on any atom is -0.507 e. The third-order valence-electron chi connectivity index (χ3n) is 3.66. The van der Waals surface area contributed by atoms with Crippen LogP contribution in [0.5, 0.6) is 11.5 Å². The molecule has 1 aliphatic heterocycles. The van der Waals surface area contributed by atoms with Gasteiger partial charge in [0, 0.05) is 17.1 Å². The number of benzene rings is 2. The monoisotopic (exact) mass is 419 g/mol. The molecule has 2 aromatic rings. The number of halogens is 1. The van der Waals surface area contributed by atoms with E-state index in [4.69, 9.17) is 14.6 Å². The van der Waals surface area contributed by atoms with Crippen molar-refractivity contribution in [3.05, 3.63) is 52.0 Å². The van der Waals surface area contributed by atoms with Crippen molar-refractivity contribution in [2.45, 2.75) is 13.2 Å². The predicted molar refractivity (Wildman–Crippen MR) is 96.7 cm³/mol. The van der Waals surface area contributed by atoms with Gasteiger partial charge in [-0.3, -0.25) is 4.79 Å². The Morgan fingerprint density at radius 1 is 1.31 bits per heavy atom. The zero-order valence-corrected chi connectivity index (χ0v) is 15.2. The summed E-state index contributed by atoms with van der Waals surface area (Å²) in [6, 6.07) is 8.81. The van der Waals surface area contributed by atoms with E-state index in [9.17, 15) is 14.7 Å². The largest absolute Gasteiger partial charge is 0.507 e. The molecule has 134 valence electrons. The highest BCUT2D eigenvalue weighted by Crippen LogP contribution is 2.31. The average Bonchev–Trinajstić information content (AvgIpc) is 2.59.